The van der Waals surface area contributed by atoms with Crippen molar-refractivity contribution >= 4 is 5.91 Å². The van der Waals surface area contributed by atoms with Crippen molar-refractivity contribution in [1.29, 1.82) is 0 Å². The lowest BCUT2D eigenvalue weighted by Crippen LogP contribution is -2.48. The molecule has 0 aromatic heterocycles. The van der Waals surface area contributed by atoms with Crippen molar-refractivity contribution < 1.29 is 9.53 Å². The van der Waals surface area contributed by atoms with Crippen molar-refractivity contribution in [3.63, 3.8) is 0 Å². The van der Waals surface area contributed by atoms with Gasteiger partial charge in [-0.15, -0.1) is 0 Å². The Morgan fingerprint density at radius 1 is 1.26 bits per heavy atom. The lowest BCUT2D eigenvalue weighted by atomic mass is 9.91. The van der Waals surface area contributed by atoms with E-state index in [1.807, 2.05) is 30.3 Å². The van der Waals surface area contributed by atoms with Gasteiger partial charge in [-0.3, -0.25) is 9.69 Å². The van der Waals surface area contributed by atoms with Crippen molar-refractivity contribution in [2.75, 3.05) is 6.54 Å². The molecule has 1 aliphatic carbocycles. The Labute approximate surface area is 113 Å². The molecule has 0 spiro atoms. The van der Waals surface area contributed by atoms with Crippen LogP contribution in [0.4, 0.5) is 0 Å². The highest BCUT2D eigenvalue weighted by Gasteiger charge is 2.42. The average Bonchev–Trinajstić information content (AvgIpc) is 2.72. The van der Waals surface area contributed by atoms with E-state index >= 15 is 0 Å². The predicted octanol–water partition coefficient (Wildman–Crippen LogP) is 1.55. The first-order valence-corrected chi connectivity index (χ1v) is 7.01. The minimum Gasteiger partial charge on any atom is -0.489 e. The van der Waals surface area contributed by atoms with E-state index in [9.17, 15) is 4.79 Å². The third-order valence-electron chi connectivity index (χ3n) is 4.22. The van der Waals surface area contributed by atoms with E-state index < -0.39 is 0 Å². The van der Waals surface area contributed by atoms with Crippen LogP contribution in [0.25, 0.3) is 0 Å². The molecule has 3 rings (SSSR count). The second-order valence-electron chi connectivity index (χ2n) is 5.49. The molecule has 1 amide bonds. The first kappa shape index (κ1) is 12.5. The Hall–Kier alpha value is -1.55. The normalized spacial score (nSPS) is 28.0. The number of primary amides is 1. The minimum atomic E-state index is -0.217. The Bertz CT molecular complexity index is 445. The summed E-state index contributed by atoms with van der Waals surface area (Å²) in [5, 5.41) is 0. The van der Waals surface area contributed by atoms with Gasteiger partial charge in [0, 0.05) is 19.0 Å². The number of hydrogen-bond acceptors (Lipinski definition) is 3. The lowest BCUT2D eigenvalue weighted by molar-refractivity contribution is -0.123. The largest absolute Gasteiger partial charge is 0.489 e. The molecule has 102 valence electrons. The van der Waals surface area contributed by atoms with Crippen molar-refractivity contribution in [2.24, 2.45) is 5.73 Å². The molecule has 2 atom stereocenters. The van der Waals surface area contributed by atoms with Crippen LogP contribution in [0.5, 0.6) is 5.75 Å². The highest BCUT2D eigenvalue weighted by Crippen LogP contribution is 2.32. The molecule has 1 aliphatic heterocycles. The standard InChI is InChI=1S/C15H20N2O2/c16-15(18)14-9-13(10-17(14)11-5-4-6-11)19-12-7-2-1-3-8-12/h1-3,7-8,11,13-14H,4-6,9-10H2,(H2,16,18)/t13-,14-/m0/s1. The molecule has 1 saturated carbocycles. The monoisotopic (exact) mass is 260 g/mol. The summed E-state index contributed by atoms with van der Waals surface area (Å²) in [6.45, 7) is 0.813. The number of carbonyl (C=O) groups is 1. The number of nitrogens with zero attached hydrogens (tertiary/aromatic N) is 1. The Kier molecular flexibility index (Phi) is 3.42. The highest BCUT2D eigenvalue weighted by atomic mass is 16.5. The highest BCUT2D eigenvalue weighted by molar-refractivity contribution is 5.80. The van der Waals surface area contributed by atoms with Crippen molar-refractivity contribution in [3.05, 3.63) is 30.3 Å². The SMILES string of the molecule is NC(=O)[C@@H]1C[C@H](Oc2ccccc2)CN1C1CCC1. The van der Waals surface area contributed by atoms with Crippen LogP contribution >= 0.6 is 0 Å². The summed E-state index contributed by atoms with van der Waals surface area (Å²) in [6.07, 6.45) is 4.40. The zero-order chi connectivity index (χ0) is 13.2. The van der Waals surface area contributed by atoms with Gasteiger partial charge in [0.05, 0.1) is 6.04 Å². The molecule has 1 aromatic rings. The molecule has 2 aliphatic rings. The van der Waals surface area contributed by atoms with Gasteiger partial charge in [0.2, 0.25) is 5.91 Å². The van der Waals surface area contributed by atoms with Crippen LogP contribution in [0.2, 0.25) is 0 Å². The Morgan fingerprint density at radius 2 is 2.00 bits per heavy atom. The average molecular weight is 260 g/mol. The maximum absolute atomic E-state index is 11.6. The van der Waals surface area contributed by atoms with E-state index in [1.54, 1.807) is 0 Å². The molecule has 0 radical (unpaired) electrons. The van der Waals surface area contributed by atoms with Gasteiger partial charge in [-0.05, 0) is 25.0 Å². The maximum Gasteiger partial charge on any atom is 0.234 e. The number of amides is 1. The molecule has 2 fully saturated rings. The Balaban J connectivity index is 1.66. The molecule has 1 aromatic carbocycles. The predicted molar refractivity (Wildman–Crippen MR) is 72.8 cm³/mol. The molecule has 4 heteroatoms. The van der Waals surface area contributed by atoms with E-state index in [4.69, 9.17) is 10.5 Å². The van der Waals surface area contributed by atoms with Gasteiger partial charge < -0.3 is 10.5 Å². The summed E-state index contributed by atoms with van der Waals surface area (Å²) in [7, 11) is 0. The van der Waals surface area contributed by atoms with Crippen LogP contribution in [0.15, 0.2) is 30.3 Å². The number of likely N-dealkylation sites (tertiary alicyclic amines) is 1. The number of carbonyl (C=O) groups excluding carboxylic acids is 1. The molecule has 4 nitrogen and oxygen atoms in total. The van der Waals surface area contributed by atoms with E-state index in [1.165, 1.54) is 19.3 Å². The summed E-state index contributed by atoms with van der Waals surface area (Å²) < 4.78 is 5.96. The van der Waals surface area contributed by atoms with Crippen molar-refractivity contribution in [2.45, 2.75) is 43.9 Å². The zero-order valence-electron chi connectivity index (χ0n) is 11.0. The van der Waals surface area contributed by atoms with Gasteiger partial charge in [-0.25, -0.2) is 0 Å². The smallest absolute Gasteiger partial charge is 0.234 e. The fraction of sp³-hybridized carbons (Fsp3) is 0.533. The van der Waals surface area contributed by atoms with E-state index in [2.05, 4.69) is 4.90 Å². The third-order valence-corrected chi connectivity index (χ3v) is 4.22. The first-order chi connectivity index (χ1) is 9.24. The van der Waals surface area contributed by atoms with Crippen LogP contribution < -0.4 is 10.5 Å². The molecular formula is C15H20N2O2. The number of rotatable bonds is 4. The van der Waals surface area contributed by atoms with Gasteiger partial charge in [-0.1, -0.05) is 24.6 Å². The minimum absolute atomic E-state index is 0.0699. The van der Waals surface area contributed by atoms with Crippen molar-refractivity contribution in [1.82, 2.24) is 4.90 Å². The Morgan fingerprint density at radius 3 is 2.58 bits per heavy atom. The van der Waals surface area contributed by atoms with Gasteiger partial charge >= 0.3 is 0 Å². The molecule has 0 bridgehead atoms. The van der Waals surface area contributed by atoms with Crippen LogP contribution in [0, 0.1) is 0 Å². The van der Waals surface area contributed by atoms with Crippen molar-refractivity contribution in [3.8, 4) is 5.75 Å². The molecule has 1 heterocycles. The number of ether oxygens (including phenoxy) is 1. The first-order valence-electron chi connectivity index (χ1n) is 7.01. The second kappa shape index (κ2) is 5.21. The molecule has 2 N–H and O–H groups in total. The van der Waals surface area contributed by atoms with Gasteiger partial charge in [0.1, 0.15) is 11.9 Å². The number of nitrogens with two attached hydrogens (primary N) is 1. The maximum atomic E-state index is 11.6. The summed E-state index contributed by atoms with van der Waals surface area (Å²) in [4.78, 5) is 13.8. The van der Waals surface area contributed by atoms with Gasteiger partial charge in [0.25, 0.3) is 0 Å². The fourth-order valence-corrected chi connectivity index (χ4v) is 3.00. The van der Waals surface area contributed by atoms with Crippen LogP contribution in [0.3, 0.4) is 0 Å². The van der Waals surface area contributed by atoms with E-state index in [0.717, 1.165) is 12.3 Å². The summed E-state index contributed by atoms with van der Waals surface area (Å²) in [6, 6.07) is 10.2. The lowest BCUT2D eigenvalue weighted by Gasteiger charge is -2.37. The number of para-hydroxylation sites is 1. The number of hydrogen-bond donors (Lipinski definition) is 1. The van der Waals surface area contributed by atoms with Crippen LogP contribution in [-0.2, 0) is 4.79 Å². The molecule has 0 unspecified atom stereocenters. The number of benzene rings is 1. The molecule has 1 saturated heterocycles. The summed E-state index contributed by atoms with van der Waals surface area (Å²) >= 11 is 0. The van der Waals surface area contributed by atoms with E-state index in [0.29, 0.717) is 12.5 Å². The van der Waals surface area contributed by atoms with Gasteiger partial charge in [0.15, 0.2) is 0 Å². The fourth-order valence-electron chi connectivity index (χ4n) is 3.00. The molecule has 19 heavy (non-hydrogen) atoms. The molecular weight excluding hydrogens is 240 g/mol. The second-order valence-corrected chi connectivity index (χ2v) is 5.49. The van der Waals surface area contributed by atoms with Crippen LogP contribution in [-0.4, -0.2) is 35.5 Å². The quantitative estimate of drug-likeness (QED) is 0.893. The topological polar surface area (TPSA) is 55.6 Å². The van der Waals surface area contributed by atoms with Crippen LogP contribution in [0.1, 0.15) is 25.7 Å². The summed E-state index contributed by atoms with van der Waals surface area (Å²) in [5.41, 5.74) is 5.52. The van der Waals surface area contributed by atoms with E-state index in [-0.39, 0.29) is 18.1 Å². The summed E-state index contributed by atoms with van der Waals surface area (Å²) in [5.74, 6) is 0.650. The zero-order valence-corrected chi connectivity index (χ0v) is 11.0. The van der Waals surface area contributed by atoms with Gasteiger partial charge in [-0.2, -0.15) is 0 Å². The third kappa shape index (κ3) is 2.59.